The summed E-state index contributed by atoms with van der Waals surface area (Å²) < 4.78 is 0. The summed E-state index contributed by atoms with van der Waals surface area (Å²) in [6.45, 7) is 4.58. The summed E-state index contributed by atoms with van der Waals surface area (Å²) in [6, 6.07) is 16.4. The van der Waals surface area contributed by atoms with Crippen molar-refractivity contribution in [3.8, 4) is 0 Å². The van der Waals surface area contributed by atoms with Gasteiger partial charge in [0.15, 0.2) is 0 Å². The zero-order valence-corrected chi connectivity index (χ0v) is 17.3. The highest BCUT2D eigenvalue weighted by Gasteiger charge is 2.25. The van der Waals surface area contributed by atoms with Crippen LogP contribution in [0.1, 0.15) is 53.6 Å². The van der Waals surface area contributed by atoms with Crippen LogP contribution < -0.4 is 4.90 Å². The fraction of sp³-hybridized carbons (Fsp3) is 0.440. The van der Waals surface area contributed by atoms with Gasteiger partial charge in [-0.2, -0.15) is 0 Å². The highest BCUT2D eigenvalue weighted by atomic mass is 16.2. The topological polar surface area (TPSA) is 40.6 Å². The van der Waals surface area contributed by atoms with Crippen LogP contribution in [0.2, 0.25) is 0 Å². The number of amides is 2. The Bertz CT molecular complexity index is 849. The molecule has 2 amide bonds. The maximum Gasteiger partial charge on any atom is 0.253 e. The van der Waals surface area contributed by atoms with E-state index in [9.17, 15) is 9.59 Å². The van der Waals surface area contributed by atoms with Crippen molar-refractivity contribution in [1.82, 2.24) is 4.90 Å². The molecule has 2 fully saturated rings. The summed E-state index contributed by atoms with van der Waals surface area (Å²) in [4.78, 5) is 28.5. The maximum atomic E-state index is 12.9. The van der Waals surface area contributed by atoms with E-state index in [0.29, 0.717) is 12.3 Å². The lowest BCUT2D eigenvalue weighted by Gasteiger charge is -2.32. The highest BCUT2D eigenvalue weighted by Crippen LogP contribution is 2.25. The molecule has 4 nitrogen and oxygen atoms in total. The van der Waals surface area contributed by atoms with E-state index in [1.165, 1.54) is 17.5 Å². The van der Waals surface area contributed by atoms with Gasteiger partial charge in [0, 0.05) is 37.3 Å². The minimum absolute atomic E-state index is 0.112. The van der Waals surface area contributed by atoms with Gasteiger partial charge in [-0.05, 0) is 74.8 Å². The monoisotopic (exact) mass is 390 g/mol. The Morgan fingerprint density at radius 2 is 1.66 bits per heavy atom. The number of hydrogen-bond acceptors (Lipinski definition) is 2. The smallest absolute Gasteiger partial charge is 0.253 e. The van der Waals surface area contributed by atoms with Crippen LogP contribution in [0, 0.1) is 12.8 Å². The first kappa shape index (κ1) is 19.7. The molecule has 2 saturated heterocycles. The van der Waals surface area contributed by atoms with E-state index in [0.717, 1.165) is 56.6 Å². The molecule has 0 atom stereocenters. The van der Waals surface area contributed by atoms with Crippen LogP contribution in [-0.4, -0.2) is 36.3 Å². The van der Waals surface area contributed by atoms with Crippen LogP contribution in [0.3, 0.4) is 0 Å². The predicted octanol–water partition coefficient (Wildman–Crippen LogP) is 4.61. The van der Waals surface area contributed by atoms with Gasteiger partial charge in [-0.3, -0.25) is 9.59 Å². The third kappa shape index (κ3) is 4.69. The fourth-order valence-corrected chi connectivity index (χ4v) is 4.44. The average molecular weight is 391 g/mol. The maximum absolute atomic E-state index is 12.9. The summed E-state index contributed by atoms with van der Waals surface area (Å²) in [5.41, 5.74) is 4.34. The number of likely N-dealkylation sites (tertiary alicyclic amines) is 1. The van der Waals surface area contributed by atoms with Gasteiger partial charge in [0.25, 0.3) is 5.91 Å². The van der Waals surface area contributed by atoms with Crippen molar-refractivity contribution >= 4 is 17.5 Å². The molecule has 0 unspecified atom stereocenters. The van der Waals surface area contributed by atoms with Crippen LogP contribution in [0.25, 0.3) is 0 Å². The van der Waals surface area contributed by atoms with E-state index in [1.807, 2.05) is 34.1 Å². The van der Waals surface area contributed by atoms with Gasteiger partial charge in [0.2, 0.25) is 5.91 Å². The Balaban J connectivity index is 1.27. The van der Waals surface area contributed by atoms with Gasteiger partial charge in [-0.25, -0.2) is 0 Å². The second kappa shape index (κ2) is 8.81. The number of hydrogen-bond donors (Lipinski definition) is 0. The molecule has 0 saturated carbocycles. The van der Waals surface area contributed by atoms with Crippen molar-refractivity contribution in [1.29, 1.82) is 0 Å². The Morgan fingerprint density at radius 3 is 2.28 bits per heavy atom. The molecule has 2 aromatic rings. The van der Waals surface area contributed by atoms with Gasteiger partial charge in [-0.1, -0.05) is 29.8 Å². The van der Waals surface area contributed by atoms with Crippen molar-refractivity contribution in [3.05, 3.63) is 65.2 Å². The second-order valence-electron chi connectivity index (χ2n) is 8.46. The van der Waals surface area contributed by atoms with E-state index in [1.54, 1.807) is 0 Å². The zero-order valence-electron chi connectivity index (χ0n) is 17.3. The van der Waals surface area contributed by atoms with E-state index < -0.39 is 0 Å². The Labute approximate surface area is 173 Å². The summed E-state index contributed by atoms with van der Waals surface area (Å²) >= 11 is 0. The van der Waals surface area contributed by atoms with Crippen LogP contribution >= 0.6 is 0 Å². The highest BCUT2D eigenvalue weighted by molar-refractivity contribution is 5.97. The van der Waals surface area contributed by atoms with Crippen molar-refractivity contribution in [2.75, 3.05) is 24.5 Å². The van der Waals surface area contributed by atoms with E-state index >= 15 is 0 Å². The minimum Gasteiger partial charge on any atom is -0.339 e. The largest absolute Gasteiger partial charge is 0.339 e. The Hall–Kier alpha value is -2.62. The number of nitrogens with zero attached hydrogens (tertiary/aromatic N) is 2. The number of piperidine rings is 1. The van der Waals surface area contributed by atoms with E-state index in [2.05, 4.69) is 31.2 Å². The molecule has 0 spiro atoms. The quantitative estimate of drug-likeness (QED) is 0.748. The number of aryl methyl sites for hydroxylation is 2. The number of benzene rings is 2. The first-order valence-corrected chi connectivity index (χ1v) is 10.9. The summed E-state index contributed by atoms with van der Waals surface area (Å²) in [5.74, 6) is 0.988. The van der Waals surface area contributed by atoms with E-state index in [-0.39, 0.29) is 11.8 Å². The standard InChI is InChI=1S/C25H30N2O2/c1-19-4-6-20(7-5-19)8-9-21-14-17-26(18-15-21)25(29)22-10-12-23(13-11-22)27-16-2-3-24(27)28/h4-7,10-13,21H,2-3,8-9,14-18H2,1H3. The summed E-state index contributed by atoms with van der Waals surface area (Å²) in [5, 5.41) is 0. The van der Waals surface area contributed by atoms with Crippen LogP contribution in [0.4, 0.5) is 5.69 Å². The Morgan fingerprint density at radius 1 is 0.966 bits per heavy atom. The molecule has 0 bridgehead atoms. The van der Waals surface area contributed by atoms with Crippen LogP contribution in [0.15, 0.2) is 48.5 Å². The molecule has 152 valence electrons. The average Bonchev–Trinajstić information content (AvgIpc) is 3.19. The number of anilines is 1. The third-order valence-corrected chi connectivity index (χ3v) is 6.36. The lowest BCUT2D eigenvalue weighted by molar-refractivity contribution is -0.117. The minimum atomic E-state index is 0.112. The summed E-state index contributed by atoms with van der Waals surface area (Å²) in [7, 11) is 0. The molecular weight excluding hydrogens is 360 g/mol. The molecule has 2 aliphatic heterocycles. The van der Waals surface area contributed by atoms with Gasteiger partial charge in [-0.15, -0.1) is 0 Å². The first-order valence-electron chi connectivity index (χ1n) is 10.9. The van der Waals surface area contributed by atoms with E-state index in [4.69, 9.17) is 0 Å². The van der Waals surface area contributed by atoms with Crippen molar-refractivity contribution in [2.24, 2.45) is 5.92 Å². The molecule has 4 heteroatoms. The zero-order chi connectivity index (χ0) is 20.2. The third-order valence-electron chi connectivity index (χ3n) is 6.36. The number of carbonyl (C=O) groups is 2. The number of rotatable bonds is 5. The van der Waals surface area contributed by atoms with Crippen molar-refractivity contribution in [2.45, 2.75) is 45.4 Å². The molecule has 29 heavy (non-hydrogen) atoms. The first-order chi connectivity index (χ1) is 14.1. The number of carbonyl (C=O) groups excluding carboxylic acids is 2. The molecule has 0 aliphatic carbocycles. The van der Waals surface area contributed by atoms with Gasteiger partial charge in [0.1, 0.15) is 0 Å². The fourth-order valence-electron chi connectivity index (χ4n) is 4.44. The molecule has 0 N–H and O–H groups in total. The molecule has 0 aromatic heterocycles. The molecule has 0 radical (unpaired) electrons. The van der Waals surface area contributed by atoms with Gasteiger partial charge < -0.3 is 9.80 Å². The van der Waals surface area contributed by atoms with Gasteiger partial charge in [0.05, 0.1) is 0 Å². The summed E-state index contributed by atoms with van der Waals surface area (Å²) in [6.07, 6.45) is 6.02. The lowest BCUT2D eigenvalue weighted by Crippen LogP contribution is -2.38. The van der Waals surface area contributed by atoms with Crippen molar-refractivity contribution in [3.63, 3.8) is 0 Å². The molecule has 2 aliphatic rings. The normalized spacial score (nSPS) is 17.8. The lowest BCUT2D eigenvalue weighted by atomic mass is 9.90. The van der Waals surface area contributed by atoms with Crippen LogP contribution in [0.5, 0.6) is 0 Å². The molecule has 2 aromatic carbocycles. The SMILES string of the molecule is Cc1ccc(CCC2CCN(C(=O)c3ccc(N4CCCC4=O)cc3)CC2)cc1. The second-order valence-corrected chi connectivity index (χ2v) is 8.46. The molecular formula is C25H30N2O2. The Kier molecular flexibility index (Phi) is 5.98. The van der Waals surface area contributed by atoms with Crippen LogP contribution in [-0.2, 0) is 11.2 Å². The van der Waals surface area contributed by atoms with Gasteiger partial charge >= 0.3 is 0 Å². The predicted molar refractivity (Wildman–Crippen MR) is 116 cm³/mol. The molecule has 4 rings (SSSR count). The van der Waals surface area contributed by atoms with Crippen molar-refractivity contribution < 1.29 is 9.59 Å². The molecule has 2 heterocycles.